The third-order valence-electron chi connectivity index (χ3n) is 2.38. The second-order valence-corrected chi connectivity index (χ2v) is 6.15. The van der Waals surface area contributed by atoms with Crippen molar-refractivity contribution >= 4 is 21.8 Å². The first-order valence-corrected chi connectivity index (χ1v) is 7.40. The normalized spacial score (nSPS) is 11.6. The Kier molecular flexibility index (Phi) is 4.84. The van der Waals surface area contributed by atoms with E-state index < -0.39 is 16.0 Å². The summed E-state index contributed by atoms with van der Waals surface area (Å²) in [4.78, 5) is 15.2. The van der Waals surface area contributed by atoms with Crippen molar-refractivity contribution in [2.24, 2.45) is 5.14 Å². The molecule has 0 aliphatic carbocycles. The van der Waals surface area contributed by atoms with Crippen LogP contribution in [0.25, 0.3) is 0 Å². The van der Waals surface area contributed by atoms with E-state index in [0.717, 1.165) is 0 Å². The Morgan fingerprint density at radius 3 is 2.58 bits per heavy atom. The Bertz CT molecular complexity index is 569. The molecule has 1 aromatic rings. The molecule has 1 rings (SSSR count). The van der Waals surface area contributed by atoms with Gasteiger partial charge in [0.2, 0.25) is 10.0 Å². The quantitative estimate of drug-likeness (QED) is 0.704. The Morgan fingerprint density at radius 2 is 2.11 bits per heavy atom. The Hall–Kier alpha value is -1.67. The van der Waals surface area contributed by atoms with Crippen molar-refractivity contribution in [3.05, 3.63) is 23.4 Å². The highest BCUT2D eigenvalue weighted by atomic mass is 32.2. The average molecular weight is 287 g/mol. The molecule has 1 heterocycles. The lowest BCUT2D eigenvalue weighted by Crippen LogP contribution is -2.22. The first kappa shape index (κ1) is 15.4. The number of aromatic carboxylic acids is 1. The SMILES string of the molecule is CC(C)c1cc(C(=O)O)cc(NCCS(N)(=O)=O)n1. The number of hydrogen-bond acceptors (Lipinski definition) is 5. The number of rotatable bonds is 6. The molecule has 0 bridgehead atoms. The maximum Gasteiger partial charge on any atom is 0.335 e. The number of aromatic nitrogens is 1. The summed E-state index contributed by atoms with van der Waals surface area (Å²) in [6, 6.07) is 2.86. The second kappa shape index (κ2) is 5.98. The van der Waals surface area contributed by atoms with E-state index in [1.54, 1.807) is 0 Å². The molecule has 0 aromatic carbocycles. The van der Waals surface area contributed by atoms with Crippen molar-refractivity contribution in [2.45, 2.75) is 19.8 Å². The van der Waals surface area contributed by atoms with E-state index in [2.05, 4.69) is 10.3 Å². The molecule has 8 heteroatoms. The second-order valence-electron chi connectivity index (χ2n) is 4.42. The van der Waals surface area contributed by atoms with Crippen molar-refractivity contribution in [1.82, 2.24) is 4.98 Å². The maximum atomic E-state index is 11.0. The van der Waals surface area contributed by atoms with Gasteiger partial charge < -0.3 is 10.4 Å². The lowest BCUT2D eigenvalue weighted by Gasteiger charge is -2.10. The Balaban J connectivity index is 2.91. The van der Waals surface area contributed by atoms with Crippen LogP contribution in [0.1, 0.15) is 35.8 Å². The van der Waals surface area contributed by atoms with Gasteiger partial charge in [-0.1, -0.05) is 13.8 Å². The first-order valence-electron chi connectivity index (χ1n) is 5.68. The third-order valence-corrected chi connectivity index (χ3v) is 3.15. The lowest BCUT2D eigenvalue weighted by molar-refractivity contribution is 0.0696. The molecule has 0 aliphatic heterocycles. The van der Waals surface area contributed by atoms with Gasteiger partial charge in [0.25, 0.3) is 0 Å². The molecule has 106 valence electrons. The number of carboxylic acids is 1. The fourth-order valence-electron chi connectivity index (χ4n) is 1.38. The number of nitrogens with two attached hydrogens (primary N) is 1. The van der Waals surface area contributed by atoms with Crippen LogP contribution in [0, 0.1) is 0 Å². The van der Waals surface area contributed by atoms with Gasteiger partial charge in [-0.2, -0.15) is 0 Å². The van der Waals surface area contributed by atoms with Crippen LogP contribution >= 0.6 is 0 Å². The van der Waals surface area contributed by atoms with Gasteiger partial charge in [-0.05, 0) is 18.1 Å². The lowest BCUT2D eigenvalue weighted by atomic mass is 10.1. The predicted octanol–water partition coefficient (Wildman–Crippen LogP) is 0.604. The van der Waals surface area contributed by atoms with Crippen molar-refractivity contribution in [2.75, 3.05) is 17.6 Å². The highest BCUT2D eigenvalue weighted by Crippen LogP contribution is 2.17. The first-order chi connectivity index (χ1) is 8.69. The zero-order valence-electron chi connectivity index (χ0n) is 10.8. The minimum absolute atomic E-state index is 0.0677. The van der Waals surface area contributed by atoms with Gasteiger partial charge in [-0.3, -0.25) is 0 Å². The summed E-state index contributed by atoms with van der Waals surface area (Å²) in [5.41, 5.74) is 0.731. The van der Waals surface area contributed by atoms with E-state index in [9.17, 15) is 13.2 Å². The molecule has 19 heavy (non-hydrogen) atoms. The number of nitrogens with one attached hydrogen (secondary N) is 1. The molecule has 0 spiro atoms. The molecule has 0 unspecified atom stereocenters. The summed E-state index contributed by atoms with van der Waals surface area (Å²) < 4.78 is 21.6. The monoisotopic (exact) mass is 287 g/mol. The van der Waals surface area contributed by atoms with E-state index in [-0.39, 0.29) is 23.8 Å². The predicted molar refractivity (Wildman–Crippen MR) is 71.7 cm³/mol. The number of nitrogens with zero attached hydrogens (tertiary/aromatic N) is 1. The van der Waals surface area contributed by atoms with Gasteiger partial charge >= 0.3 is 5.97 Å². The van der Waals surface area contributed by atoms with E-state index in [0.29, 0.717) is 11.5 Å². The van der Waals surface area contributed by atoms with Crippen molar-refractivity contribution < 1.29 is 18.3 Å². The fraction of sp³-hybridized carbons (Fsp3) is 0.455. The molecule has 4 N–H and O–H groups in total. The molecule has 0 radical (unpaired) electrons. The molecule has 0 fully saturated rings. The minimum atomic E-state index is -3.55. The highest BCUT2D eigenvalue weighted by Gasteiger charge is 2.11. The maximum absolute atomic E-state index is 11.0. The van der Waals surface area contributed by atoms with Crippen LogP contribution in [0.3, 0.4) is 0 Å². The van der Waals surface area contributed by atoms with Crippen LogP contribution in [0.15, 0.2) is 12.1 Å². The zero-order chi connectivity index (χ0) is 14.6. The summed E-state index contributed by atoms with van der Waals surface area (Å²) >= 11 is 0. The smallest absolute Gasteiger partial charge is 0.335 e. The molecule has 0 atom stereocenters. The van der Waals surface area contributed by atoms with Crippen molar-refractivity contribution in [3.63, 3.8) is 0 Å². The van der Waals surface area contributed by atoms with Crippen LogP contribution in [0.2, 0.25) is 0 Å². The summed E-state index contributed by atoms with van der Waals surface area (Å²) in [5, 5.41) is 16.6. The minimum Gasteiger partial charge on any atom is -0.478 e. The van der Waals surface area contributed by atoms with E-state index >= 15 is 0 Å². The molecule has 0 saturated carbocycles. The molecule has 0 amide bonds. The summed E-state index contributed by atoms with van der Waals surface area (Å²) in [7, 11) is -3.55. The largest absolute Gasteiger partial charge is 0.478 e. The average Bonchev–Trinajstić information content (AvgIpc) is 2.26. The number of hydrogen-bond donors (Lipinski definition) is 3. The number of carbonyl (C=O) groups is 1. The number of sulfonamides is 1. The van der Waals surface area contributed by atoms with E-state index in [4.69, 9.17) is 10.2 Å². The van der Waals surface area contributed by atoms with Crippen LogP contribution in [-0.4, -0.2) is 36.8 Å². The summed E-state index contributed by atoms with van der Waals surface area (Å²) in [6.45, 7) is 3.86. The van der Waals surface area contributed by atoms with E-state index in [1.165, 1.54) is 12.1 Å². The molecule has 1 aromatic heterocycles. The highest BCUT2D eigenvalue weighted by molar-refractivity contribution is 7.89. The fourth-order valence-corrected chi connectivity index (χ4v) is 1.77. The molecule has 0 aliphatic rings. The zero-order valence-corrected chi connectivity index (χ0v) is 11.6. The van der Waals surface area contributed by atoms with Gasteiger partial charge in [0.15, 0.2) is 0 Å². The summed E-state index contributed by atoms with van der Waals surface area (Å²) in [5.74, 6) is -0.910. The molecule has 7 nitrogen and oxygen atoms in total. The van der Waals surface area contributed by atoms with Crippen molar-refractivity contribution in [3.8, 4) is 0 Å². The third kappa shape index (κ3) is 5.23. The van der Waals surface area contributed by atoms with E-state index in [1.807, 2.05) is 13.8 Å². The molecular weight excluding hydrogens is 270 g/mol. The Morgan fingerprint density at radius 1 is 1.47 bits per heavy atom. The Labute approximate surface area is 111 Å². The van der Waals surface area contributed by atoms with Gasteiger partial charge in [-0.25, -0.2) is 23.3 Å². The van der Waals surface area contributed by atoms with Gasteiger partial charge in [0, 0.05) is 12.2 Å². The number of pyridine rings is 1. The standard InChI is InChI=1S/C11H17N3O4S/c1-7(2)9-5-8(11(15)16)6-10(14-9)13-3-4-19(12,17)18/h5-7H,3-4H2,1-2H3,(H,13,14)(H,15,16)(H2,12,17,18). The van der Waals surface area contributed by atoms with Crippen molar-refractivity contribution in [1.29, 1.82) is 0 Å². The number of carboxylic acid groups (broad SMARTS) is 1. The van der Waals surface area contributed by atoms with Crippen LogP contribution in [0.5, 0.6) is 0 Å². The molecular formula is C11H17N3O4S. The molecule has 0 saturated heterocycles. The van der Waals surface area contributed by atoms with Gasteiger partial charge in [-0.15, -0.1) is 0 Å². The van der Waals surface area contributed by atoms with Gasteiger partial charge in [0.05, 0.1) is 11.3 Å². The topological polar surface area (TPSA) is 122 Å². The van der Waals surface area contributed by atoms with Crippen LogP contribution in [0.4, 0.5) is 5.82 Å². The van der Waals surface area contributed by atoms with Gasteiger partial charge in [0.1, 0.15) is 5.82 Å². The summed E-state index contributed by atoms with van der Waals surface area (Å²) in [6.07, 6.45) is 0. The van der Waals surface area contributed by atoms with Crippen LogP contribution < -0.4 is 10.5 Å². The number of primary sulfonamides is 1. The number of anilines is 1. The van der Waals surface area contributed by atoms with Crippen LogP contribution in [-0.2, 0) is 10.0 Å².